The van der Waals surface area contributed by atoms with Crippen LogP contribution in [0.25, 0.3) is 0 Å². The molecule has 0 fully saturated rings. The first-order valence-corrected chi connectivity index (χ1v) is 12.2. The summed E-state index contributed by atoms with van der Waals surface area (Å²) in [5.41, 5.74) is 2.23. The lowest BCUT2D eigenvalue weighted by Gasteiger charge is -2.38. The largest absolute Gasteiger partial charge is 0.330 e. The predicted octanol–water partition coefficient (Wildman–Crippen LogP) is 5.07. The van der Waals surface area contributed by atoms with E-state index in [4.69, 9.17) is 0 Å². The zero-order chi connectivity index (χ0) is 24.2. The monoisotopic (exact) mass is 477 g/mol. The van der Waals surface area contributed by atoms with Gasteiger partial charge >= 0.3 is 0 Å². The normalized spacial score (nSPS) is 15.9. The highest BCUT2D eigenvalue weighted by atomic mass is 32.1. The maximum absolute atomic E-state index is 13.7. The minimum absolute atomic E-state index is 0.0840. The third-order valence-electron chi connectivity index (χ3n) is 6.39. The number of non-ortho nitro benzene ring substituents is 1. The SMILES string of the molecule is CC[C@@H](C)N(CC(=O)N1CCc2sccc2[C@H]1c1ccccc1)C(=O)c1cccc([N+](=O)[O-])c1. The van der Waals surface area contributed by atoms with E-state index in [2.05, 4.69) is 11.4 Å². The highest BCUT2D eigenvalue weighted by molar-refractivity contribution is 7.10. The molecule has 0 N–H and O–H groups in total. The highest BCUT2D eigenvalue weighted by Gasteiger charge is 2.34. The van der Waals surface area contributed by atoms with Crippen LogP contribution in [0.3, 0.4) is 0 Å². The van der Waals surface area contributed by atoms with Crippen LogP contribution in [0.2, 0.25) is 0 Å². The second-order valence-electron chi connectivity index (χ2n) is 8.45. The number of carbonyl (C=O) groups excluding carboxylic acids is 2. The molecule has 0 aliphatic carbocycles. The van der Waals surface area contributed by atoms with E-state index in [1.54, 1.807) is 17.4 Å². The van der Waals surface area contributed by atoms with Gasteiger partial charge in [0, 0.05) is 35.2 Å². The second kappa shape index (κ2) is 10.2. The molecule has 3 aromatic rings. The standard InChI is InChI=1S/C26H27N3O4S/c1-3-18(2)28(26(31)20-10-7-11-21(16-20)29(32)33)17-24(30)27-14-12-23-22(13-15-34-23)25(27)19-8-5-4-6-9-19/h4-11,13,15-16,18,25H,3,12,14,17H2,1-2H3/t18-,25-/m1/s1. The molecule has 2 heterocycles. The second-order valence-corrected chi connectivity index (χ2v) is 9.45. The molecule has 7 nitrogen and oxygen atoms in total. The zero-order valence-corrected chi connectivity index (χ0v) is 20.0. The minimum atomic E-state index is -0.522. The first-order valence-electron chi connectivity index (χ1n) is 11.4. The van der Waals surface area contributed by atoms with Crippen LogP contribution in [0, 0.1) is 10.1 Å². The molecule has 0 saturated heterocycles. The van der Waals surface area contributed by atoms with Crippen molar-refractivity contribution in [2.75, 3.05) is 13.1 Å². The van der Waals surface area contributed by atoms with E-state index in [1.807, 2.05) is 49.1 Å². The molecule has 2 amide bonds. The molecule has 0 spiro atoms. The predicted molar refractivity (Wildman–Crippen MR) is 132 cm³/mol. The average molecular weight is 478 g/mol. The number of hydrogen-bond donors (Lipinski definition) is 0. The number of nitrogens with zero attached hydrogens (tertiary/aromatic N) is 3. The van der Waals surface area contributed by atoms with Crippen molar-refractivity contribution in [1.82, 2.24) is 9.80 Å². The van der Waals surface area contributed by atoms with Gasteiger partial charge in [0.25, 0.3) is 11.6 Å². The van der Waals surface area contributed by atoms with Crippen molar-refractivity contribution in [3.8, 4) is 0 Å². The summed E-state index contributed by atoms with van der Waals surface area (Å²) in [5, 5.41) is 13.3. The fraction of sp³-hybridized carbons (Fsp3) is 0.308. The number of hydrogen-bond acceptors (Lipinski definition) is 5. The van der Waals surface area contributed by atoms with Crippen molar-refractivity contribution in [2.45, 2.75) is 38.8 Å². The molecule has 0 radical (unpaired) electrons. The lowest BCUT2D eigenvalue weighted by atomic mass is 9.93. The van der Waals surface area contributed by atoms with Gasteiger partial charge in [-0.25, -0.2) is 0 Å². The van der Waals surface area contributed by atoms with Gasteiger partial charge in [-0.05, 0) is 48.4 Å². The van der Waals surface area contributed by atoms with E-state index in [-0.39, 0.29) is 41.7 Å². The number of carbonyl (C=O) groups is 2. The molecule has 1 aromatic heterocycles. The maximum atomic E-state index is 13.7. The molecule has 2 aromatic carbocycles. The highest BCUT2D eigenvalue weighted by Crippen LogP contribution is 2.37. The lowest BCUT2D eigenvalue weighted by Crippen LogP contribution is -2.49. The molecule has 2 atom stereocenters. The van der Waals surface area contributed by atoms with Crippen LogP contribution in [0.1, 0.15) is 52.7 Å². The van der Waals surface area contributed by atoms with Gasteiger partial charge in [-0.3, -0.25) is 19.7 Å². The Morgan fingerprint density at radius 2 is 1.94 bits per heavy atom. The summed E-state index contributed by atoms with van der Waals surface area (Å²) >= 11 is 1.71. The van der Waals surface area contributed by atoms with Crippen molar-refractivity contribution < 1.29 is 14.5 Å². The first-order chi connectivity index (χ1) is 16.4. The molecule has 176 valence electrons. The van der Waals surface area contributed by atoms with E-state index >= 15 is 0 Å². The van der Waals surface area contributed by atoms with Gasteiger partial charge in [-0.15, -0.1) is 11.3 Å². The summed E-state index contributed by atoms with van der Waals surface area (Å²) < 4.78 is 0. The molecule has 34 heavy (non-hydrogen) atoms. The van der Waals surface area contributed by atoms with Gasteiger partial charge in [-0.2, -0.15) is 0 Å². The summed E-state index contributed by atoms with van der Waals surface area (Å²) in [6.07, 6.45) is 1.44. The van der Waals surface area contributed by atoms with E-state index in [0.29, 0.717) is 13.0 Å². The fourth-order valence-corrected chi connectivity index (χ4v) is 5.29. The van der Waals surface area contributed by atoms with Gasteiger partial charge in [0.2, 0.25) is 5.91 Å². The van der Waals surface area contributed by atoms with Crippen LogP contribution in [-0.4, -0.2) is 45.7 Å². The Labute approximate surface area is 202 Å². The average Bonchev–Trinajstić information content (AvgIpc) is 3.35. The van der Waals surface area contributed by atoms with E-state index in [1.165, 1.54) is 28.0 Å². The number of benzene rings is 2. The number of amides is 2. The number of nitro benzene ring substituents is 1. The van der Waals surface area contributed by atoms with Crippen LogP contribution in [0.4, 0.5) is 5.69 Å². The third kappa shape index (κ3) is 4.72. The Hall–Kier alpha value is -3.52. The summed E-state index contributed by atoms with van der Waals surface area (Å²) in [5.74, 6) is -0.513. The molecule has 1 aliphatic heterocycles. The Morgan fingerprint density at radius 3 is 2.65 bits per heavy atom. The summed E-state index contributed by atoms with van der Waals surface area (Å²) in [7, 11) is 0. The first kappa shape index (κ1) is 23.6. The van der Waals surface area contributed by atoms with Gasteiger partial charge in [0.15, 0.2) is 0 Å². The van der Waals surface area contributed by atoms with Crippen molar-refractivity contribution >= 4 is 28.8 Å². The fourth-order valence-electron chi connectivity index (χ4n) is 4.38. The van der Waals surface area contributed by atoms with Crippen LogP contribution < -0.4 is 0 Å². The van der Waals surface area contributed by atoms with Gasteiger partial charge in [0.1, 0.15) is 6.54 Å². The van der Waals surface area contributed by atoms with Crippen molar-refractivity contribution in [2.24, 2.45) is 0 Å². The van der Waals surface area contributed by atoms with Crippen LogP contribution >= 0.6 is 11.3 Å². The molecule has 0 bridgehead atoms. The summed E-state index contributed by atoms with van der Waals surface area (Å²) in [6.45, 7) is 4.34. The van der Waals surface area contributed by atoms with Gasteiger partial charge in [0.05, 0.1) is 11.0 Å². The molecular weight excluding hydrogens is 450 g/mol. The Morgan fingerprint density at radius 1 is 1.18 bits per heavy atom. The minimum Gasteiger partial charge on any atom is -0.330 e. The molecule has 8 heteroatoms. The Balaban J connectivity index is 1.63. The number of rotatable bonds is 7. The van der Waals surface area contributed by atoms with Crippen molar-refractivity contribution in [3.05, 3.63) is 97.7 Å². The van der Waals surface area contributed by atoms with Crippen molar-refractivity contribution in [1.29, 1.82) is 0 Å². The van der Waals surface area contributed by atoms with Crippen molar-refractivity contribution in [3.63, 3.8) is 0 Å². The molecule has 4 rings (SSSR count). The maximum Gasteiger partial charge on any atom is 0.270 e. The van der Waals surface area contributed by atoms with Crippen LogP contribution in [0.15, 0.2) is 66.0 Å². The van der Waals surface area contributed by atoms with Gasteiger partial charge < -0.3 is 9.80 Å². The van der Waals surface area contributed by atoms with E-state index < -0.39 is 4.92 Å². The molecule has 0 unspecified atom stereocenters. The lowest BCUT2D eigenvalue weighted by molar-refractivity contribution is -0.384. The smallest absolute Gasteiger partial charge is 0.270 e. The zero-order valence-electron chi connectivity index (χ0n) is 19.2. The number of nitro groups is 1. The van der Waals surface area contributed by atoms with Crippen LogP contribution in [-0.2, 0) is 11.2 Å². The van der Waals surface area contributed by atoms with E-state index in [9.17, 15) is 19.7 Å². The Bertz CT molecular complexity index is 1190. The topological polar surface area (TPSA) is 83.8 Å². The number of fused-ring (bicyclic) bond motifs is 1. The van der Waals surface area contributed by atoms with Crippen LogP contribution in [0.5, 0.6) is 0 Å². The quantitative estimate of drug-likeness (QED) is 0.351. The molecule has 1 aliphatic rings. The Kier molecular flexibility index (Phi) is 7.07. The summed E-state index contributed by atoms with van der Waals surface area (Å²) in [4.78, 5) is 42.4. The van der Waals surface area contributed by atoms with E-state index in [0.717, 1.165) is 17.5 Å². The molecule has 0 saturated carbocycles. The summed E-state index contributed by atoms with van der Waals surface area (Å²) in [6, 6.07) is 17.3. The molecular formula is C26H27N3O4S. The third-order valence-corrected chi connectivity index (χ3v) is 7.39. The van der Waals surface area contributed by atoms with Gasteiger partial charge in [-0.1, -0.05) is 43.3 Å². The number of thiophene rings is 1.